The van der Waals surface area contributed by atoms with Crippen molar-refractivity contribution in [3.8, 4) is 5.75 Å². The Hall–Kier alpha value is -2.41. The Morgan fingerprint density at radius 1 is 1.03 bits per heavy atom. The van der Waals surface area contributed by atoms with E-state index >= 15 is 0 Å². The molecule has 0 bridgehead atoms. The number of aliphatic hydroxyl groups excluding tert-OH is 1. The lowest BCUT2D eigenvalue weighted by molar-refractivity contribution is 0.0842. The van der Waals surface area contributed by atoms with Gasteiger partial charge in [0, 0.05) is 38.3 Å². The standard InChI is InChI=1S/C25H33N3O3/c29-23(19-28-15-11-20-5-1-2-6-22(20)18-28)17-26-25(30)21-7-9-24(10-8-21)31-16-4-14-27-12-3-13-27/h1-2,5-10,23,29H,3-4,11-19H2,(H,26,30). The summed E-state index contributed by atoms with van der Waals surface area (Å²) in [5.74, 6) is 0.609. The summed E-state index contributed by atoms with van der Waals surface area (Å²) >= 11 is 0. The minimum atomic E-state index is -0.594. The normalized spacial score (nSPS) is 17.5. The van der Waals surface area contributed by atoms with E-state index in [9.17, 15) is 9.90 Å². The first-order valence-electron chi connectivity index (χ1n) is 11.4. The van der Waals surface area contributed by atoms with Crippen molar-refractivity contribution in [2.45, 2.75) is 31.9 Å². The third-order valence-corrected chi connectivity index (χ3v) is 6.13. The molecule has 6 nitrogen and oxygen atoms in total. The van der Waals surface area contributed by atoms with Gasteiger partial charge in [-0.25, -0.2) is 0 Å². The zero-order chi connectivity index (χ0) is 21.5. The number of β-amino-alcohol motifs (C(OH)–C–C–N with tert-alkyl or cyclic N) is 1. The van der Waals surface area contributed by atoms with Crippen molar-refractivity contribution >= 4 is 5.91 Å². The third kappa shape index (κ3) is 6.29. The van der Waals surface area contributed by atoms with Gasteiger partial charge in [-0.1, -0.05) is 24.3 Å². The maximum absolute atomic E-state index is 12.4. The number of ether oxygens (including phenoxy) is 1. The second-order valence-corrected chi connectivity index (χ2v) is 8.54. The van der Waals surface area contributed by atoms with Crippen LogP contribution >= 0.6 is 0 Å². The largest absolute Gasteiger partial charge is 0.494 e. The van der Waals surface area contributed by atoms with Gasteiger partial charge in [-0.2, -0.15) is 0 Å². The molecule has 4 rings (SSSR count). The molecule has 2 heterocycles. The Labute approximate surface area is 184 Å². The highest BCUT2D eigenvalue weighted by Crippen LogP contribution is 2.18. The Balaban J connectivity index is 1.15. The number of benzene rings is 2. The highest BCUT2D eigenvalue weighted by atomic mass is 16.5. The van der Waals surface area contributed by atoms with Gasteiger partial charge in [0.15, 0.2) is 0 Å². The zero-order valence-electron chi connectivity index (χ0n) is 18.1. The van der Waals surface area contributed by atoms with Crippen molar-refractivity contribution in [2.75, 3.05) is 45.9 Å². The number of aliphatic hydroxyl groups is 1. The Kier molecular flexibility index (Phi) is 7.57. The minimum Gasteiger partial charge on any atom is -0.494 e. The van der Waals surface area contributed by atoms with Crippen molar-refractivity contribution in [1.29, 1.82) is 0 Å². The van der Waals surface area contributed by atoms with E-state index in [0.717, 1.165) is 38.2 Å². The molecule has 31 heavy (non-hydrogen) atoms. The zero-order valence-corrected chi connectivity index (χ0v) is 18.1. The molecule has 0 spiro atoms. The van der Waals surface area contributed by atoms with Gasteiger partial charge in [0.05, 0.1) is 12.7 Å². The summed E-state index contributed by atoms with van der Waals surface area (Å²) in [6, 6.07) is 15.7. The van der Waals surface area contributed by atoms with Crippen LogP contribution in [0, 0.1) is 0 Å². The second kappa shape index (κ2) is 10.8. The molecule has 1 saturated heterocycles. The molecular formula is C25H33N3O3. The monoisotopic (exact) mass is 423 g/mol. The van der Waals surface area contributed by atoms with Gasteiger partial charge in [-0.15, -0.1) is 0 Å². The smallest absolute Gasteiger partial charge is 0.251 e. The van der Waals surface area contributed by atoms with Gasteiger partial charge in [0.1, 0.15) is 5.75 Å². The van der Waals surface area contributed by atoms with Gasteiger partial charge in [0.25, 0.3) is 5.91 Å². The predicted molar refractivity (Wildman–Crippen MR) is 121 cm³/mol. The van der Waals surface area contributed by atoms with E-state index in [1.54, 1.807) is 12.1 Å². The van der Waals surface area contributed by atoms with Crippen molar-refractivity contribution in [1.82, 2.24) is 15.1 Å². The first-order valence-corrected chi connectivity index (χ1v) is 11.4. The topological polar surface area (TPSA) is 65.0 Å². The first-order chi connectivity index (χ1) is 15.2. The maximum atomic E-state index is 12.4. The average molecular weight is 424 g/mol. The molecule has 1 unspecified atom stereocenters. The SMILES string of the molecule is O=C(NCC(O)CN1CCc2ccccc2C1)c1ccc(OCCCN2CCC2)cc1. The van der Waals surface area contributed by atoms with Crippen LogP contribution in [0.4, 0.5) is 0 Å². The number of hydrogen-bond acceptors (Lipinski definition) is 5. The lowest BCUT2D eigenvalue weighted by Crippen LogP contribution is -2.42. The van der Waals surface area contributed by atoms with E-state index in [-0.39, 0.29) is 12.5 Å². The molecule has 0 aliphatic carbocycles. The van der Waals surface area contributed by atoms with E-state index in [0.29, 0.717) is 18.7 Å². The number of hydrogen-bond donors (Lipinski definition) is 2. The average Bonchev–Trinajstić information content (AvgIpc) is 2.76. The number of carbonyl (C=O) groups is 1. The van der Waals surface area contributed by atoms with Crippen molar-refractivity contribution in [2.24, 2.45) is 0 Å². The number of fused-ring (bicyclic) bond motifs is 1. The van der Waals surface area contributed by atoms with Gasteiger partial charge in [0.2, 0.25) is 0 Å². The maximum Gasteiger partial charge on any atom is 0.251 e. The molecule has 166 valence electrons. The highest BCUT2D eigenvalue weighted by Gasteiger charge is 2.19. The van der Waals surface area contributed by atoms with Crippen LogP contribution < -0.4 is 10.1 Å². The van der Waals surface area contributed by atoms with Crippen LogP contribution in [0.15, 0.2) is 48.5 Å². The van der Waals surface area contributed by atoms with Crippen molar-refractivity contribution in [3.05, 3.63) is 65.2 Å². The van der Waals surface area contributed by atoms with Crippen LogP contribution in [0.25, 0.3) is 0 Å². The van der Waals surface area contributed by atoms with E-state index < -0.39 is 6.10 Å². The fourth-order valence-corrected chi connectivity index (χ4v) is 4.17. The van der Waals surface area contributed by atoms with E-state index in [2.05, 4.69) is 39.4 Å². The molecule has 0 aromatic heterocycles. The van der Waals surface area contributed by atoms with Crippen molar-refractivity contribution in [3.63, 3.8) is 0 Å². The quantitative estimate of drug-likeness (QED) is 0.574. The lowest BCUT2D eigenvalue weighted by Gasteiger charge is -2.30. The second-order valence-electron chi connectivity index (χ2n) is 8.54. The number of nitrogens with one attached hydrogen (secondary N) is 1. The van der Waals surface area contributed by atoms with Crippen LogP contribution in [-0.2, 0) is 13.0 Å². The van der Waals surface area contributed by atoms with E-state index in [4.69, 9.17) is 4.74 Å². The minimum absolute atomic E-state index is 0.174. The fraction of sp³-hybridized carbons (Fsp3) is 0.480. The predicted octanol–water partition coefficient (Wildman–Crippen LogP) is 2.31. The number of nitrogens with zero attached hydrogens (tertiary/aromatic N) is 2. The fourth-order valence-electron chi connectivity index (χ4n) is 4.17. The molecule has 1 fully saturated rings. The highest BCUT2D eigenvalue weighted by molar-refractivity contribution is 5.94. The summed E-state index contributed by atoms with van der Waals surface area (Å²) in [4.78, 5) is 17.1. The van der Waals surface area contributed by atoms with Crippen LogP contribution in [0.1, 0.15) is 34.3 Å². The van der Waals surface area contributed by atoms with Gasteiger partial charge < -0.3 is 20.1 Å². The van der Waals surface area contributed by atoms with E-state index in [1.165, 1.54) is 30.6 Å². The molecular weight excluding hydrogens is 390 g/mol. The molecule has 1 amide bonds. The Morgan fingerprint density at radius 3 is 2.55 bits per heavy atom. The van der Waals surface area contributed by atoms with E-state index in [1.807, 2.05) is 12.1 Å². The van der Waals surface area contributed by atoms with Crippen molar-refractivity contribution < 1.29 is 14.6 Å². The molecule has 2 aromatic carbocycles. The van der Waals surface area contributed by atoms with Crippen LogP contribution in [0.3, 0.4) is 0 Å². The molecule has 0 saturated carbocycles. The first kappa shape index (κ1) is 21.8. The number of carbonyl (C=O) groups excluding carboxylic acids is 1. The molecule has 1 atom stereocenters. The number of likely N-dealkylation sites (tertiary alicyclic amines) is 1. The molecule has 2 aliphatic rings. The van der Waals surface area contributed by atoms with Gasteiger partial charge in [-0.05, 0) is 67.7 Å². The summed E-state index contributed by atoms with van der Waals surface area (Å²) in [5, 5.41) is 13.2. The third-order valence-electron chi connectivity index (χ3n) is 6.13. The summed E-state index contributed by atoms with van der Waals surface area (Å²) in [7, 11) is 0. The molecule has 2 N–H and O–H groups in total. The molecule has 2 aliphatic heterocycles. The molecule has 2 aromatic rings. The van der Waals surface area contributed by atoms with Crippen LogP contribution in [-0.4, -0.2) is 72.8 Å². The Morgan fingerprint density at radius 2 is 1.81 bits per heavy atom. The molecule has 6 heteroatoms. The lowest BCUT2D eigenvalue weighted by atomic mass is 10.00. The summed E-state index contributed by atoms with van der Waals surface area (Å²) in [5.41, 5.74) is 3.30. The van der Waals surface area contributed by atoms with Gasteiger partial charge >= 0.3 is 0 Å². The summed E-state index contributed by atoms with van der Waals surface area (Å²) in [6.07, 6.45) is 2.74. The number of amides is 1. The Bertz CT molecular complexity index is 851. The summed E-state index contributed by atoms with van der Waals surface area (Å²) in [6.45, 7) is 6.78. The van der Waals surface area contributed by atoms with Crippen LogP contribution in [0.2, 0.25) is 0 Å². The molecule has 0 radical (unpaired) electrons. The van der Waals surface area contributed by atoms with Gasteiger partial charge in [-0.3, -0.25) is 9.69 Å². The summed E-state index contributed by atoms with van der Waals surface area (Å²) < 4.78 is 5.76. The number of rotatable bonds is 10. The van der Waals surface area contributed by atoms with Crippen LogP contribution in [0.5, 0.6) is 5.75 Å².